The minimum atomic E-state index is -0.905. The highest BCUT2D eigenvalue weighted by atomic mass is 16.5. The summed E-state index contributed by atoms with van der Waals surface area (Å²) < 4.78 is 5.61. The molecule has 1 amide bonds. The predicted molar refractivity (Wildman–Crippen MR) is 95.1 cm³/mol. The van der Waals surface area contributed by atoms with Gasteiger partial charge in [-0.2, -0.15) is 0 Å². The van der Waals surface area contributed by atoms with Gasteiger partial charge in [0.2, 0.25) is 5.91 Å². The van der Waals surface area contributed by atoms with E-state index in [1.165, 1.54) is 0 Å². The van der Waals surface area contributed by atoms with Gasteiger partial charge in [-0.1, -0.05) is 37.3 Å². The number of benzene rings is 2. The molecule has 1 aliphatic heterocycles. The number of carbonyl (C=O) groups excluding carboxylic acids is 1. The van der Waals surface area contributed by atoms with E-state index in [4.69, 9.17) is 4.74 Å². The molecule has 1 heterocycles. The SMILES string of the molecule is CCCOc1cccc(CC(=O)N2CC(C(=O)O)c3ccccc32)c1. The highest BCUT2D eigenvalue weighted by Crippen LogP contribution is 2.36. The molecule has 0 aromatic heterocycles. The quantitative estimate of drug-likeness (QED) is 0.877. The van der Waals surface area contributed by atoms with Crippen molar-refractivity contribution in [3.05, 3.63) is 59.7 Å². The van der Waals surface area contributed by atoms with Gasteiger partial charge in [-0.25, -0.2) is 0 Å². The molecule has 3 rings (SSSR count). The fraction of sp³-hybridized carbons (Fsp3) is 0.300. The molecule has 5 heteroatoms. The Labute approximate surface area is 146 Å². The van der Waals surface area contributed by atoms with Crippen molar-refractivity contribution in [2.24, 2.45) is 0 Å². The van der Waals surface area contributed by atoms with Crippen LogP contribution in [0.25, 0.3) is 0 Å². The monoisotopic (exact) mass is 339 g/mol. The molecule has 0 saturated carbocycles. The zero-order chi connectivity index (χ0) is 17.8. The van der Waals surface area contributed by atoms with Crippen LogP contribution in [0.15, 0.2) is 48.5 Å². The molecule has 0 bridgehead atoms. The van der Waals surface area contributed by atoms with Crippen molar-refractivity contribution in [1.82, 2.24) is 0 Å². The number of para-hydroxylation sites is 1. The molecule has 1 aliphatic rings. The lowest BCUT2D eigenvalue weighted by Crippen LogP contribution is -2.32. The number of carboxylic acids is 1. The van der Waals surface area contributed by atoms with Crippen molar-refractivity contribution in [3.63, 3.8) is 0 Å². The second-order valence-electron chi connectivity index (χ2n) is 6.13. The molecule has 5 nitrogen and oxygen atoms in total. The van der Waals surface area contributed by atoms with Crippen LogP contribution in [-0.4, -0.2) is 30.1 Å². The maximum Gasteiger partial charge on any atom is 0.312 e. The lowest BCUT2D eigenvalue weighted by Gasteiger charge is -2.18. The van der Waals surface area contributed by atoms with Crippen LogP contribution in [0.3, 0.4) is 0 Å². The van der Waals surface area contributed by atoms with Crippen LogP contribution in [0.4, 0.5) is 5.69 Å². The number of anilines is 1. The molecule has 2 aromatic carbocycles. The van der Waals surface area contributed by atoms with Crippen LogP contribution in [-0.2, 0) is 16.0 Å². The van der Waals surface area contributed by atoms with Gasteiger partial charge in [-0.15, -0.1) is 0 Å². The van der Waals surface area contributed by atoms with Crippen molar-refractivity contribution in [1.29, 1.82) is 0 Å². The van der Waals surface area contributed by atoms with E-state index in [0.29, 0.717) is 17.9 Å². The van der Waals surface area contributed by atoms with E-state index in [0.717, 1.165) is 17.7 Å². The Bertz CT molecular complexity index is 787. The maximum absolute atomic E-state index is 12.8. The topological polar surface area (TPSA) is 66.8 Å². The maximum atomic E-state index is 12.8. The van der Waals surface area contributed by atoms with Crippen LogP contribution in [0.1, 0.15) is 30.4 Å². The molecule has 1 N–H and O–H groups in total. The second kappa shape index (κ2) is 7.38. The summed E-state index contributed by atoms with van der Waals surface area (Å²) in [5.74, 6) is -0.932. The van der Waals surface area contributed by atoms with E-state index < -0.39 is 11.9 Å². The van der Waals surface area contributed by atoms with Crippen molar-refractivity contribution in [2.75, 3.05) is 18.1 Å². The summed E-state index contributed by atoms with van der Waals surface area (Å²) >= 11 is 0. The fourth-order valence-electron chi connectivity index (χ4n) is 3.09. The standard InChI is InChI=1S/C20H21NO4/c1-2-10-25-15-7-5-6-14(11-15)12-19(22)21-13-17(20(23)24)16-8-3-4-9-18(16)21/h3-9,11,17H,2,10,12-13H2,1H3,(H,23,24). The zero-order valence-electron chi connectivity index (χ0n) is 14.1. The Kier molecular flexibility index (Phi) is 5.03. The number of amides is 1. The number of aliphatic carboxylic acids is 1. The largest absolute Gasteiger partial charge is 0.494 e. The third kappa shape index (κ3) is 3.65. The van der Waals surface area contributed by atoms with E-state index in [-0.39, 0.29) is 18.9 Å². The first kappa shape index (κ1) is 17.0. The number of rotatable bonds is 6. The molecule has 130 valence electrons. The predicted octanol–water partition coefficient (Wildman–Crippen LogP) is 3.23. The van der Waals surface area contributed by atoms with E-state index in [9.17, 15) is 14.7 Å². The Morgan fingerprint density at radius 2 is 2.00 bits per heavy atom. The summed E-state index contributed by atoms with van der Waals surface area (Å²) in [6.45, 7) is 2.85. The summed E-state index contributed by atoms with van der Waals surface area (Å²) in [5.41, 5.74) is 2.25. The molecule has 0 saturated heterocycles. The van der Waals surface area contributed by atoms with Crippen LogP contribution in [0.5, 0.6) is 5.75 Å². The van der Waals surface area contributed by atoms with Gasteiger partial charge in [0.05, 0.1) is 13.0 Å². The van der Waals surface area contributed by atoms with Crippen LogP contribution in [0, 0.1) is 0 Å². The highest BCUT2D eigenvalue weighted by Gasteiger charge is 2.36. The number of hydrogen-bond acceptors (Lipinski definition) is 3. The fourth-order valence-corrected chi connectivity index (χ4v) is 3.09. The van der Waals surface area contributed by atoms with Crippen LogP contribution < -0.4 is 9.64 Å². The summed E-state index contributed by atoms with van der Waals surface area (Å²) in [6, 6.07) is 14.7. The Hall–Kier alpha value is -2.82. The first-order chi connectivity index (χ1) is 12.1. The number of nitrogens with zero attached hydrogens (tertiary/aromatic N) is 1. The molecule has 2 aromatic rings. The molecular weight excluding hydrogens is 318 g/mol. The summed E-state index contributed by atoms with van der Waals surface area (Å²) in [4.78, 5) is 25.8. The van der Waals surface area contributed by atoms with E-state index in [2.05, 4.69) is 0 Å². The third-order valence-corrected chi connectivity index (χ3v) is 4.29. The molecular formula is C20H21NO4. The zero-order valence-corrected chi connectivity index (χ0v) is 14.1. The van der Waals surface area contributed by atoms with Gasteiger partial charge in [0.25, 0.3) is 0 Å². The summed E-state index contributed by atoms with van der Waals surface area (Å²) in [5, 5.41) is 9.41. The van der Waals surface area contributed by atoms with Gasteiger partial charge in [-0.3, -0.25) is 9.59 Å². The van der Waals surface area contributed by atoms with Gasteiger partial charge < -0.3 is 14.7 Å². The first-order valence-electron chi connectivity index (χ1n) is 8.44. The Morgan fingerprint density at radius 1 is 1.20 bits per heavy atom. The molecule has 1 atom stereocenters. The number of ether oxygens (including phenoxy) is 1. The van der Waals surface area contributed by atoms with E-state index >= 15 is 0 Å². The van der Waals surface area contributed by atoms with Gasteiger partial charge in [0.15, 0.2) is 0 Å². The van der Waals surface area contributed by atoms with E-state index in [1.54, 1.807) is 23.1 Å². The van der Waals surface area contributed by atoms with Crippen LogP contribution >= 0.6 is 0 Å². The van der Waals surface area contributed by atoms with Gasteiger partial charge in [0.1, 0.15) is 11.7 Å². The number of carbonyl (C=O) groups is 2. The Balaban J connectivity index is 1.77. The number of carboxylic acid groups (broad SMARTS) is 1. The molecule has 0 radical (unpaired) electrons. The smallest absolute Gasteiger partial charge is 0.312 e. The van der Waals surface area contributed by atoms with E-state index in [1.807, 2.05) is 37.3 Å². The molecule has 0 spiro atoms. The van der Waals surface area contributed by atoms with Crippen molar-refractivity contribution < 1.29 is 19.4 Å². The number of hydrogen-bond donors (Lipinski definition) is 1. The summed E-state index contributed by atoms with van der Waals surface area (Å²) in [7, 11) is 0. The highest BCUT2D eigenvalue weighted by molar-refractivity contribution is 5.99. The van der Waals surface area contributed by atoms with Crippen molar-refractivity contribution in [3.8, 4) is 5.75 Å². The molecule has 25 heavy (non-hydrogen) atoms. The molecule has 1 unspecified atom stereocenters. The average Bonchev–Trinajstić information content (AvgIpc) is 3.00. The number of fused-ring (bicyclic) bond motifs is 1. The first-order valence-corrected chi connectivity index (χ1v) is 8.44. The lowest BCUT2D eigenvalue weighted by atomic mass is 10.0. The Morgan fingerprint density at radius 3 is 2.76 bits per heavy atom. The summed E-state index contributed by atoms with van der Waals surface area (Å²) in [6.07, 6.45) is 1.13. The van der Waals surface area contributed by atoms with Crippen LogP contribution in [0.2, 0.25) is 0 Å². The third-order valence-electron chi connectivity index (χ3n) is 4.29. The lowest BCUT2D eigenvalue weighted by molar-refractivity contribution is -0.138. The van der Waals surface area contributed by atoms with Gasteiger partial charge >= 0.3 is 5.97 Å². The second-order valence-corrected chi connectivity index (χ2v) is 6.13. The average molecular weight is 339 g/mol. The normalized spacial score (nSPS) is 15.7. The van der Waals surface area contributed by atoms with Gasteiger partial charge in [-0.05, 0) is 35.7 Å². The van der Waals surface area contributed by atoms with Gasteiger partial charge in [0, 0.05) is 12.2 Å². The molecule has 0 fully saturated rings. The minimum absolute atomic E-state index is 0.108. The minimum Gasteiger partial charge on any atom is -0.494 e. The van der Waals surface area contributed by atoms with Crippen molar-refractivity contribution >= 4 is 17.6 Å². The van der Waals surface area contributed by atoms with Crippen molar-refractivity contribution in [2.45, 2.75) is 25.7 Å². The molecule has 0 aliphatic carbocycles.